The number of nitrogens with one attached hydrogen (secondary N) is 1. The third-order valence-electron chi connectivity index (χ3n) is 5.46. The fourth-order valence-electron chi connectivity index (χ4n) is 3.62. The average molecular weight is 540 g/mol. The molecule has 0 bridgehead atoms. The summed E-state index contributed by atoms with van der Waals surface area (Å²) in [6, 6.07) is 17.8. The Labute approximate surface area is 224 Å². The summed E-state index contributed by atoms with van der Waals surface area (Å²) >= 11 is 12.3. The molecule has 4 rings (SSSR count). The highest BCUT2D eigenvalue weighted by Crippen LogP contribution is 2.25. The Balaban J connectivity index is 1.42. The van der Waals surface area contributed by atoms with E-state index in [-0.39, 0.29) is 28.0 Å². The summed E-state index contributed by atoms with van der Waals surface area (Å²) in [6.45, 7) is 2.37. The van der Waals surface area contributed by atoms with E-state index in [1.165, 1.54) is 29.1 Å². The van der Waals surface area contributed by atoms with Gasteiger partial charge >= 0.3 is 0 Å². The van der Waals surface area contributed by atoms with Crippen molar-refractivity contribution in [3.05, 3.63) is 111 Å². The lowest BCUT2D eigenvalue weighted by Crippen LogP contribution is -2.10. The number of anilines is 1. The molecule has 4 aromatic rings. The molecule has 1 heterocycles. The Morgan fingerprint density at radius 2 is 1.92 bits per heavy atom. The molecule has 1 aromatic heterocycles. The van der Waals surface area contributed by atoms with Crippen LogP contribution in [0.4, 0.5) is 10.2 Å². The van der Waals surface area contributed by atoms with E-state index in [0.29, 0.717) is 12.4 Å². The minimum atomic E-state index is -0.448. The highest BCUT2D eigenvalue weighted by molar-refractivity contribution is 6.33. The van der Waals surface area contributed by atoms with E-state index < -0.39 is 11.7 Å². The molecule has 1 amide bonds. The number of hydrogen-bond acceptors (Lipinski definition) is 4. The zero-order valence-corrected chi connectivity index (χ0v) is 21.7. The van der Waals surface area contributed by atoms with Crippen molar-refractivity contribution in [2.24, 2.45) is 0 Å². The molecule has 0 atom stereocenters. The van der Waals surface area contributed by atoms with Crippen LogP contribution in [-0.2, 0) is 17.9 Å². The van der Waals surface area contributed by atoms with Crippen LogP contribution in [0, 0.1) is 12.7 Å². The molecule has 0 radical (unpaired) electrons. The molecule has 1 N–H and O–H groups in total. The Morgan fingerprint density at radius 1 is 1.11 bits per heavy atom. The van der Waals surface area contributed by atoms with Gasteiger partial charge in [-0.3, -0.25) is 9.48 Å². The van der Waals surface area contributed by atoms with Crippen molar-refractivity contribution in [3.63, 3.8) is 0 Å². The van der Waals surface area contributed by atoms with Gasteiger partial charge in [0.2, 0.25) is 5.91 Å². The van der Waals surface area contributed by atoms with Crippen LogP contribution in [0.2, 0.25) is 10.0 Å². The first kappa shape index (κ1) is 26.3. The molecule has 3 aromatic carbocycles. The second-order valence-corrected chi connectivity index (χ2v) is 9.04. The molecule has 0 unspecified atom stereocenters. The van der Waals surface area contributed by atoms with Crippen LogP contribution >= 0.6 is 23.2 Å². The van der Waals surface area contributed by atoms with Gasteiger partial charge in [-0.15, -0.1) is 0 Å². The molecule has 0 aliphatic rings. The van der Waals surface area contributed by atoms with Crippen molar-refractivity contribution in [1.29, 1.82) is 0 Å². The summed E-state index contributed by atoms with van der Waals surface area (Å²) in [4.78, 5) is 12.5. The monoisotopic (exact) mass is 539 g/mol. The molecule has 190 valence electrons. The van der Waals surface area contributed by atoms with Crippen LogP contribution in [0.1, 0.15) is 22.3 Å². The number of amides is 1. The molecule has 0 aliphatic carbocycles. The first-order valence-corrected chi connectivity index (χ1v) is 12.1. The Morgan fingerprint density at radius 3 is 2.68 bits per heavy atom. The minimum Gasteiger partial charge on any atom is -0.496 e. The molecule has 0 saturated carbocycles. The molecule has 0 spiro atoms. The second kappa shape index (κ2) is 12.0. The Kier molecular flexibility index (Phi) is 8.48. The van der Waals surface area contributed by atoms with Crippen LogP contribution in [0.5, 0.6) is 11.5 Å². The van der Waals surface area contributed by atoms with E-state index >= 15 is 0 Å². The molecule has 0 aliphatic heterocycles. The maximum Gasteiger partial charge on any atom is 0.249 e. The Hall–Kier alpha value is -3.81. The largest absolute Gasteiger partial charge is 0.496 e. The first-order chi connectivity index (χ1) is 17.8. The van der Waals surface area contributed by atoms with Crippen molar-refractivity contribution in [2.75, 3.05) is 12.4 Å². The number of hydrogen-bond donors (Lipinski definition) is 1. The summed E-state index contributed by atoms with van der Waals surface area (Å²) in [5, 5.41) is 7.38. The van der Waals surface area contributed by atoms with Gasteiger partial charge in [0.05, 0.1) is 13.7 Å². The molecular weight excluding hydrogens is 516 g/mol. The smallest absolute Gasteiger partial charge is 0.249 e. The minimum absolute atomic E-state index is 0.0657. The number of carbonyl (C=O) groups is 1. The van der Waals surface area contributed by atoms with E-state index in [4.69, 9.17) is 32.7 Å². The molecule has 9 heteroatoms. The number of halogens is 3. The quantitative estimate of drug-likeness (QED) is 0.234. The van der Waals surface area contributed by atoms with E-state index in [2.05, 4.69) is 10.4 Å². The average Bonchev–Trinajstić information content (AvgIpc) is 3.22. The van der Waals surface area contributed by atoms with Crippen molar-refractivity contribution in [3.8, 4) is 11.5 Å². The number of ether oxygens (including phenoxy) is 2. The molecule has 0 fully saturated rings. The van der Waals surface area contributed by atoms with E-state index in [0.717, 1.165) is 22.4 Å². The summed E-state index contributed by atoms with van der Waals surface area (Å²) < 4.78 is 26.9. The standard InChI is InChI=1S/C28H24Cl2FN3O3/c1-18-5-3-6-21(13-18)37-17-20-14-19(9-11-26(20)36-2)10-12-27(35)32-28-24(30)16-34(33-28)15-22-23(29)7-4-8-25(22)31/h3-14,16H,15,17H2,1-2H3,(H,32,33,35)/b12-10+. The summed E-state index contributed by atoms with van der Waals surface area (Å²) in [5.41, 5.74) is 3.00. The van der Waals surface area contributed by atoms with E-state index in [1.807, 2.05) is 49.4 Å². The summed E-state index contributed by atoms with van der Waals surface area (Å²) in [6.07, 6.45) is 4.53. The van der Waals surface area contributed by atoms with Crippen molar-refractivity contribution >= 4 is 41.0 Å². The van der Waals surface area contributed by atoms with E-state index in [1.54, 1.807) is 19.3 Å². The van der Waals surface area contributed by atoms with Crippen LogP contribution in [0.3, 0.4) is 0 Å². The van der Waals surface area contributed by atoms with Gasteiger partial charge in [0, 0.05) is 28.4 Å². The van der Waals surface area contributed by atoms with Crippen LogP contribution in [-0.4, -0.2) is 22.8 Å². The SMILES string of the molecule is COc1ccc(/C=C/C(=O)Nc2nn(Cc3c(F)cccc3Cl)cc2Cl)cc1COc1cccc(C)c1. The van der Waals surface area contributed by atoms with Crippen LogP contribution in [0.25, 0.3) is 6.08 Å². The van der Waals surface area contributed by atoms with Gasteiger partial charge in [-0.25, -0.2) is 4.39 Å². The van der Waals surface area contributed by atoms with Crippen LogP contribution < -0.4 is 14.8 Å². The van der Waals surface area contributed by atoms with Gasteiger partial charge in [-0.1, -0.05) is 47.5 Å². The molecular formula is C28H24Cl2FN3O3. The van der Waals surface area contributed by atoms with Gasteiger partial charge in [-0.2, -0.15) is 5.10 Å². The van der Waals surface area contributed by atoms with Gasteiger partial charge in [0.25, 0.3) is 0 Å². The zero-order chi connectivity index (χ0) is 26.4. The fraction of sp³-hybridized carbons (Fsp3) is 0.143. The van der Waals surface area contributed by atoms with Crippen molar-refractivity contribution in [1.82, 2.24) is 9.78 Å². The topological polar surface area (TPSA) is 65.4 Å². The van der Waals surface area contributed by atoms with Gasteiger partial charge in [-0.05, 0) is 60.5 Å². The lowest BCUT2D eigenvalue weighted by molar-refractivity contribution is -0.111. The summed E-state index contributed by atoms with van der Waals surface area (Å²) in [5.74, 6) is 0.725. The van der Waals surface area contributed by atoms with E-state index in [9.17, 15) is 9.18 Å². The predicted octanol–water partition coefficient (Wildman–Crippen LogP) is 6.93. The Bertz CT molecular complexity index is 1430. The molecule has 6 nitrogen and oxygen atoms in total. The number of nitrogens with zero attached hydrogens (tertiary/aromatic N) is 2. The fourth-order valence-corrected chi connectivity index (χ4v) is 4.04. The first-order valence-electron chi connectivity index (χ1n) is 11.3. The number of methoxy groups -OCH3 is 1. The number of aromatic nitrogens is 2. The predicted molar refractivity (Wildman–Crippen MR) is 144 cm³/mol. The summed E-state index contributed by atoms with van der Waals surface area (Å²) in [7, 11) is 1.59. The number of aryl methyl sites for hydroxylation is 1. The lowest BCUT2D eigenvalue weighted by atomic mass is 10.1. The second-order valence-electron chi connectivity index (χ2n) is 8.22. The number of carbonyl (C=O) groups excluding carboxylic acids is 1. The normalized spacial score (nSPS) is 11.1. The third-order valence-corrected chi connectivity index (χ3v) is 6.09. The molecule has 0 saturated heterocycles. The maximum absolute atomic E-state index is 14.1. The maximum atomic E-state index is 14.1. The van der Waals surface area contributed by atoms with Gasteiger partial charge in [0.1, 0.15) is 28.9 Å². The highest BCUT2D eigenvalue weighted by atomic mass is 35.5. The highest BCUT2D eigenvalue weighted by Gasteiger charge is 2.13. The van der Waals surface area contributed by atoms with Gasteiger partial charge in [0.15, 0.2) is 5.82 Å². The van der Waals surface area contributed by atoms with Gasteiger partial charge < -0.3 is 14.8 Å². The van der Waals surface area contributed by atoms with Crippen LogP contribution in [0.15, 0.2) is 72.9 Å². The number of rotatable bonds is 9. The third kappa shape index (κ3) is 6.90. The van der Waals surface area contributed by atoms with Crippen molar-refractivity contribution in [2.45, 2.75) is 20.1 Å². The number of benzene rings is 3. The molecule has 37 heavy (non-hydrogen) atoms. The van der Waals surface area contributed by atoms with Crippen molar-refractivity contribution < 1.29 is 18.7 Å². The lowest BCUT2D eigenvalue weighted by Gasteiger charge is -2.11. The zero-order valence-electron chi connectivity index (χ0n) is 20.2.